The van der Waals surface area contributed by atoms with E-state index in [-0.39, 0.29) is 5.82 Å². The molecular weight excluding hydrogens is 316 g/mol. The first kappa shape index (κ1) is 15.1. The maximum atomic E-state index is 13.5. The molecule has 1 aromatic carbocycles. The third-order valence-corrected chi connectivity index (χ3v) is 4.16. The molecule has 1 saturated heterocycles. The molecule has 0 bridgehead atoms. The van der Waals surface area contributed by atoms with Crippen molar-refractivity contribution >= 4 is 16.9 Å². The van der Waals surface area contributed by atoms with Gasteiger partial charge in [-0.25, -0.2) is 13.8 Å². The Bertz CT molecular complexity index is 867. The van der Waals surface area contributed by atoms with E-state index in [1.807, 2.05) is 19.1 Å². The number of alkyl halides is 2. The van der Waals surface area contributed by atoms with Gasteiger partial charge in [0.05, 0.1) is 24.2 Å². The van der Waals surface area contributed by atoms with Gasteiger partial charge in [-0.1, -0.05) is 6.07 Å². The summed E-state index contributed by atoms with van der Waals surface area (Å²) in [6.45, 7) is 4.66. The largest absolute Gasteiger partial charge is 0.378 e. The second-order valence-corrected chi connectivity index (χ2v) is 5.81. The predicted molar refractivity (Wildman–Crippen MR) is 85.9 cm³/mol. The van der Waals surface area contributed by atoms with Gasteiger partial charge in [0.2, 0.25) is 0 Å². The Hall–Kier alpha value is -2.48. The van der Waals surface area contributed by atoms with Crippen LogP contribution in [0.5, 0.6) is 0 Å². The molecule has 0 atom stereocenters. The van der Waals surface area contributed by atoms with Crippen molar-refractivity contribution in [1.29, 1.82) is 0 Å². The molecule has 1 fully saturated rings. The molecular formula is C16H17F2N5O. The van der Waals surface area contributed by atoms with Crippen LogP contribution in [0.15, 0.2) is 24.3 Å². The minimum atomic E-state index is -2.67. The molecule has 2 aromatic heterocycles. The van der Waals surface area contributed by atoms with Crippen molar-refractivity contribution < 1.29 is 13.5 Å². The molecule has 6 nitrogen and oxygen atoms in total. The minimum Gasteiger partial charge on any atom is -0.378 e. The number of nitrogens with zero attached hydrogens (tertiary/aromatic N) is 4. The number of ether oxygens (including phenoxy) is 1. The number of fused-ring (bicyclic) bond motifs is 1. The van der Waals surface area contributed by atoms with Crippen LogP contribution in [0.2, 0.25) is 0 Å². The Morgan fingerprint density at radius 1 is 1.21 bits per heavy atom. The zero-order chi connectivity index (χ0) is 16.7. The maximum absolute atomic E-state index is 13.5. The van der Waals surface area contributed by atoms with Crippen molar-refractivity contribution in [2.45, 2.75) is 13.3 Å². The Morgan fingerprint density at radius 3 is 2.75 bits per heavy atom. The van der Waals surface area contributed by atoms with Crippen molar-refractivity contribution in [3.8, 4) is 5.82 Å². The number of anilines is 1. The van der Waals surface area contributed by atoms with Crippen LogP contribution in [0.1, 0.15) is 17.8 Å². The highest BCUT2D eigenvalue weighted by atomic mass is 19.3. The lowest BCUT2D eigenvalue weighted by molar-refractivity contribution is 0.122. The molecule has 1 aliphatic rings. The fraction of sp³-hybridized carbons (Fsp3) is 0.375. The van der Waals surface area contributed by atoms with E-state index in [9.17, 15) is 8.78 Å². The summed E-state index contributed by atoms with van der Waals surface area (Å²) < 4.78 is 33.7. The summed E-state index contributed by atoms with van der Waals surface area (Å²) in [5.74, 6) is 0.927. The number of aromatic nitrogens is 4. The molecule has 24 heavy (non-hydrogen) atoms. The van der Waals surface area contributed by atoms with Gasteiger partial charge in [-0.15, -0.1) is 0 Å². The molecule has 0 spiro atoms. The summed E-state index contributed by atoms with van der Waals surface area (Å²) in [4.78, 5) is 6.15. The fourth-order valence-electron chi connectivity index (χ4n) is 2.97. The molecule has 4 rings (SSSR count). The lowest BCUT2D eigenvalue weighted by Gasteiger charge is -2.26. The monoisotopic (exact) mass is 333 g/mol. The van der Waals surface area contributed by atoms with Gasteiger partial charge in [-0.3, -0.25) is 9.67 Å². The average molecular weight is 333 g/mol. The lowest BCUT2D eigenvalue weighted by Crippen LogP contribution is -2.36. The summed E-state index contributed by atoms with van der Waals surface area (Å²) in [6.07, 6.45) is -2.67. The van der Waals surface area contributed by atoms with E-state index in [2.05, 4.69) is 20.1 Å². The SMILES string of the molecule is Cc1ccc2nc(C(F)F)n(-c3cc(N4CCOCC4)n[nH]3)c2c1. The molecule has 1 N–H and O–H groups in total. The van der Waals surface area contributed by atoms with Gasteiger partial charge in [0.1, 0.15) is 5.82 Å². The van der Waals surface area contributed by atoms with Crippen LogP contribution in [0, 0.1) is 6.92 Å². The number of hydrogen-bond acceptors (Lipinski definition) is 4. The number of rotatable bonds is 3. The zero-order valence-corrected chi connectivity index (χ0v) is 13.2. The number of nitrogens with one attached hydrogen (secondary N) is 1. The summed E-state index contributed by atoms with van der Waals surface area (Å²) in [5.41, 5.74) is 2.17. The Labute approximate surface area is 137 Å². The average Bonchev–Trinajstić information content (AvgIpc) is 3.19. The van der Waals surface area contributed by atoms with Crippen molar-refractivity contribution in [2.75, 3.05) is 31.2 Å². The molecule has 0 radical (unpaired) electrons. The van der Waals surface area contributed by atoms with Gasteiger partial charge in [0.15, 0.2) is 11.6 Å². The number of H-pyrrole nitrogens is 1. The molecule has 3 aromatic rings. The molecule has 0 saturated carbocycles. The second-order valence-electron chi connectivity index (χ2n) is 5.81. The number of aryl methyl sites for hydroxylation is 1. The van der Waals surface area contributed by atoms with E-state index in [1.54, 1.807) is 12.1 Å². The fourth-order valence-corrected chi connectivity index (χ4v) is 2.97. The van der Waals surface area contributed by atoms with Crippen molar-refractivity contribution in [1.82, 2.24) is 19.7 Å². The van der Waals surface area contributed by atoms with E-state index in [0.29, 0.717) is 30.1 Å². The number of imidazole rings is 1. The smallest absolute Gasteiger partial charge is 0.296 e. The number of hydrogen-bond donors (Lipinski definition) is 1. The first-order valence-electron chi connectivity index (χ1n) is 7.79. The first-order valence-corrected chi connectivity index (χ1v) is 7.79. The molecule has 8 heteroatoms. The van der Waals surface area contributed by atoms with Gasteiger partial charge in [0, 0.05) is 19.2 Å². The van der Waals surface area contributed by atoms with Crippen LogP contribution in [-0.4, -0.2) is 46.1 Å². The Balaban J connectivity index is 1.82. The molecule has 126 valence electrons. The van der Waals surface area contributed by atoms with Crippen LogP contribution in [0.25, 0.3) is 16.9 Å². The zero-order valence-electron chi connectivity index (χ0n) is 13.2. The maximum Gasteiger partial charge on any atom is 0.296 e. The quantitative estimate of drug-likeness (QED) is 0.801. The number of aromatic amines is 1. The number of morpholine rings is 1. The van der Waals surface area contributed by atoms with Gasteiger partial charge in [0.25, 0.3) is 6.43 Å². The van der Waals surface area contributed by atoms with Crippen LogP contribution in [0.3, 0.4) is 0 Å². The molecule has 0 amide bonds. The van der Waals surface area contributed by atoms with Crippen LogP contribution in [0.4, 0.5) is 14.6 Å². The third kappa shape index (κ3) is 2.52. The lowest BCUT2D eigenvalue weighted by atomic mass is 10.2. The predicted octanol–water partition coefficient (Wildman–Crippen LogP) is 2.83. The van der Waals surface area contributed by atoms with Crippen molar-refractivity contribution in [2.24, 2.45) is 0 Å². The molecule has 3 heterocycles. The summed E-state index contributed by atoms with van der Waals surface area (Å²) in [6, 6.07) is 7.25. The van der Waals surface area contributed by atoms with E-state index < -0.39 is 6.43 Å². The highest BCUT2D eigenvalue weighted by Crippen LogP contribution is 2.29. The number of benzene rings is 1. The van der Waals surface area contributed by atoms with E-state index in [1.165, 1.54) is 4.57 Å². The normalized spacial score (nSPS) is 15.6. The highest BCUT2D eigenvalue weighted by Gasteiger charge is 2.22. The summed E-state index contributed by atoms with van der Waals surface area (Å²) in [7, 11) is 0. The first-order chi connectivity index (χ1) is 11.6. The summed E-state index contributed by atoms with van der Waals surface area (Å²) >= 11 is 0. The second kappa shape index (κ2) is 5.86. The minimum absolute atomic E-state index is 0.284. The standard InChI is InChI=1S/C16H17F2N5O/c1-10-2-3-11-12(8-10)23(16(19-11)15(17)18)14-9-13(20-21-14)22-4-6-24-7-5-22/h2-3,8-9,15H,4-7H2,1H3,(H,20,21). The van der Waals surface area contributed by atoms with Gasteiger partial charge in [-0.2, -0.15) is 5.10 Å². The highest BCUT2D eigenvalue weighted by molar-refractivity contribution is 5.79. The Kier molecular flexibility index (Phi) is 3.68. The van der Waals surface area contributed by atoms with E-state index in [4.69, 9.17) is 4.74 Å². The molecule has 0 aliphatic carbocycles. The van der Waals surface area contributed by atoms with Crippen LogP contribution in [-0.2, 0) is 4.74 Å². The number of halogens is 2. The van der Waals surface area contributed by atoms with Gasteiger partial charge in [-0.05, 0) is 24.6 Å². The van der Waals surface area contributed by atoms with Gasteiger partial charge < -0.3 is 9.64 Å². The van der Waals surface area contributed by atoms with Crippen LogP contribution >= 0.6 is 0 Å². The Morgan fingerprint density at radius 2 is 2.00 bits per heavy atom. The topological polar surface area (TPSA) is 59.0 Å². The third-order valence-electron chi connectivity index (χ3n) is 4.16. The van der Waals surface area contributed by atoms with Crippen LogP contribution < -0.4 is 4.90 Å². The summed E-state index contributed by atoms with van der Waals surface area (Å²) in [5, 5.41) is 7.15. The van der Waals surface area contributed by atoms with Crippen molar-refractivity contribution in [3.05, 3.63) is 35.7 Å². The van der Waals surface area contributed by atoms with E-state index in [0.717, 1.165) is 24.5 Å². The van der Waals surface area contributed by atoms with Crippen molar-refractivity contribution in [3.63, 3.8) is 0 Å². The van der Waals surface area contributed by atoms with Gasteiger partial charge >= 0.3 is 0 Å². The molecule has 0 unspecified atom stereocenters. The molecule has 1 aliphatic heterocycles. The van der Waals surface area contributed by atoms with E-state index >= 15 is 0 Å².